The maximum Gasteiger partial charge on any atom is 0.472 e. The van der Waals surface area contributed by atoms with Crippen molar-refractivity contribution in [2.75, 3.05) is 39.6 Å². The Morgan fingerprint density at radius 1 is 0.284 bits per heavy atom. The van der Waals surface area contributed by atoms with Crippen LogP contribution in [0.2, 0.25) is 0 Å². The third kappa shape index (κ3) is 73.0. The first-order valence-corrected chi connectivity index (χ1v) is 41.7. The average molecular weight is 1470 g/mol. The normalized spacial score (nSPS) is 14.8. The molecule has 0 amide bonds. The van der Waals surface area contributed by atoms with Crippen molar-refractivity contribution in [1.29, 1.82) is 0 Å². The van der Waals surface area contributed by atoms with E-state index in [1.165, 1.54) is 38.5 Å². The van der Waals surface area contributed by atoms with Gasteiger partial charge in [-0.25, -0.2) is 9.13 Å². The second-order valence-electron chi connectivity index (χ2n) is 25.2. The number of allylic oxidation sites excluding steroid dienone is 26. The maximum absolute atomic E-state index is 13.1. The number of rotatable bonds is 71. The van der Waals surface area contributed by atoms with E-state index in [-0.39, 0.29) is 25.7 Å². The number of phosphoric ester groups is 2. The molecule has 0 heterocycles. The molecule has 5 atom stereocenters. The van der Waals surface area contributed by atoms with Crippen LogP contribution in [-0.4, -0.2) is 96.7 Å². The van der Waals surface area contributed by atoms with Gasteiger partial charge in [-0.1, -0.05) is 269 Å². The summed E-state index contributed by atoms with van der Waals surface area (Å²) in [4.78, 5) is 72.9. The van der Waals surface area contributed by atoms with Crippen molar-refractivity contribution in [3.63, 3.8) is 0 Å². The molecular weight excluding hydrogens is 1330 g/mol. The predicted molar refractivity (Wildman–Crippen MR) is 417 cm³/mol. The van der Waals surface area contributed by atoms with E-state index < -0.39 is 97.5 Å². The van der Waals surface area contributed by atoms with Crippen LogP contribution >= 0.6 is 15.6 Å². The predicted octanol–water partition coefficient (Wildman–Crippen LogP) is 22.4. The van der Waals surface area contributed by atoms with E-state index >= 15 is 0 Å². The number of hydrogen-bond acceptors (Lipinski definition) is 15. The zero-order chi connectivity index (χ0) is 74.6. The first-order chi connectivity index (χ1) is 49.7. The van der Waals surface area contributed by atoms with Crippen LogP contribution in [0.5, 0.6) is 0 Å². The highest BCUT2D eigenvalue weighted by atomic mass is 31.2. The molecule has 0 aromatic rings. The average Bonchev–Trinajstić information content (AvgIpc) is 0.921. The standard InChI is InChI=1S/C83H136O17P2/c1-5-9-13-17-21-25-29-32-35-37-38-40-42-45-49-52-56-60-64-68-81(86)94-74-79(100-83(88)70-66-62-58-54-50-46-43-39-36-33-30-26-22-18-14-10-6-2)76-98-102(91,92)96-72-77(84)71-95-101(89,90)97-75-78(99-82(87)69-65-61-57-53-47-28-24-20-16-12-8-4)73-93-80(85)67-63-59-55-51-48-44-41-34-31-27-23-19-15-11-7-3/h9-11,13-15,21-23,25-27,32-36,38,40-41,43,45-46,48-49,51,77-79,84H,5-8,12,16-20,24,28-31,37,39,42,44,47,50,52-76H2,1-4H3,(H,89,90)(H,91,92)/b13-9-,14-10-,15-11-,25-21-,26-22-,27-23-,35-32-,36-33-,40-38-,41-34-,46-43-,49-45-,51-48-. The molecule has 0 aliphatic carbocycles. The van der Waals surface area contributed by atoms with Gasteiger partial charge in [0.1, 0.15) is 19.3 Å². The van der Waals surface area contributed by atoms with Gasteiger partial charge >= 0.3 is 39.5 Å². The quantitative estimate of drug-likeness (QED) is 0.0169. The van der Waals surface area contributed by atoms with Crippen molar-refractivity contribution in [2.24, 2.45) is 0 Å². The van der Waals surface area contributed by atoms with E-state index in [4.69, 9.17) is 37.0 Å². The van der Waals surface area contributed by atoms with E-state index in [1.807, 2.05) is 0 Å². The number of phosphoric acid groups is 2. The zero-order valence-corrected chi connectivity index (χ0v) is 65.0. The summed E-state index contributed by atoms with van der Waals surface area (Å²) in [6, 6.07) is 0. The summed E-state index contributed by atoms with van der Waals surface area (Å²) in [5.74, 6) is -2.29. The number of unbranched alkanes of at least 4 members (excludes halogenated alkanes) is 19. The van der Waals surface area contributed by atoms with Crippen LogP contribution < -0.4 is 0 Å². The first-order valence-electron chi connectivity index (χ1n) is 38.7. The number of aliphatic hydroxyl groups excluding tert-OH is 1. The Bertz CT molecular complexity index is 2550. The summed E-state index contributed by atoms with van der Waals surface area (Å²) in [5, 5.41) is 10.6. The van der Waals surface area contributed by atoms with Gasteiger partial charge in [-0.15, -0.1) is 0 Å². The molecule has 0 bridgehead atoms. The summed E-state index contributed by atoms with van der Waals surface area (Å²) in [6.45, 7) is 4.39. The lowest BCUT2D eigenvalue weighted by Crippen LogP contribution is -2.30. The fourth-order valence-corrected chi connectivity index (χ4v) is 11.3. The van der Waals surface area contributed by atoms with Crippen molar-refractivity contribution in [3.05, 3.63) is 158 Å². The number of aliphatic hydroxyl groups is 1. The van der Waals surface area contributed by atoms with Gasteiger partial charge in [-0.3, -0.25) is 37.3 Å². The molecule has 0 rings (SSSR count). The number of esters is 4. The smallest absolute Gasteiger partial charge is 0.462 e. The molecule has 0 saturated carbocycles. The Kier molecular flexibility index (Phi) is 70.1. The lowest BCUT2D eigenvalue weighted by Gasteiger charge is -2.21. The minimum absolute atomic E-state index is 0.0531. The van der Waals surface area contributed by atoms with Crippen LogP contribution in [0.4, 0.5) is 0 Å². The topological polar surface area (TPSA) is 237 Å². The Labute approximate surface area is 617 Å². The van der Waals surface area contributed by atoms with Crippen LogP contribution in [0, 0.1) is 0 Å². The second kappa shape index (κ2) is 74.0. The van der Waals surface area contributed by atoms with E-state index in [2.05, 4.69) is 186 Å². The molecule has 0 fully saturated rings. The highest BCUT2D eigenvalue weighted by Gasteiger charge is 2.30. The highest BCUT2D eigenvalue weighted by molar-refractivity contribution is 7.47. The Morgan fingerprint density at radius 3 is 0.814 bits per heavy atom. The van der Waals surface area contributed by atoms with Gasteiger partial charge in [-0.2, -0.15) is 0 Å². The number of carbonyl (C=O) groups excluding carboxylic acids is 4. The lowest BCUT2D eigenvalue weighted by atomic mass is 10.1. The van der Waals surface area contributed by atoms with Crippen LogP contribution in [0.25, 0.3) is 0 Å². The van der Waals surface area contributed by atoms with Crippen molar-refractivity contribution >= 4 is 39.5 Å². The minimum Gasteiger partial charge on any atom is -0.462 e. The third-order valence-corrected chi connectivity index (χ3v) is 17.4. The van der Waals surface area contributed by atoms with Gasteiger partial charge in [0, 0.05) is 25.7 Å². The van der Waals surface area contributed by atoms with E-state index in [0.717, 1.165) is 167 Å². The Balaban J connectivity index is 5.44. The second-order valence-corrected chi connectivity index (χ2v) is 28.1. The summed E-state index contributed by atoms with van der Waals surface area (Å²) < 4.78 is 68.4. The first kappa shape index (κ1) is 96.7. The van der Waals surface area contributed by atoms with Crippen molar-refractivity contribution in [3.8, 4) is 0 Å². The van der Waals surface area contributed by atoms with Crippen molar-refractivity contribution in [2.45, 2.75) is 303 Å². The molecule has 102 heavy (non-hydrogen) atoms. The summed E-state index contributed by atoms with van der Waals surface area (Å²) in [7, 11) is -9.99. The third-order valence-electron chi connectivity index (χ3n) is 15.5. The van der Waals surface area contributed by atoms with Gasteiger partial charge in [-0.05, 0) is 148 Å². The summed E-state index contributed by atoms with van der Waals surface area (Å²) >= 11 is 0. The number of ether oxygens (including phenoxy) is 4. The molecule has 0 saturated heterocycles. The Hall–Kier alpha value is -5.32. The van der Waals surface area contributed by atoms with E-state index in [9.17, 15) is 43.2 Å². The minimum atomic E-state index is -5.00. The molecule has 0 spiro atoms. The summed E-state index contributed by atoms with van der Waals surface area (Å²) in [5.41, 5.74) is 0. The molecule has 0 aromatic heterocycles. The van der Waals surface area contributed by atoms with Crippen molar-refractivity contribution in [1.82, 2.24) is 0 Å². The SMILES string of the molecule is CC/C=C\C/C=C\C/C=C\C/C=C\C/C=C\CCCCCC(=O)OCC(COP(=O)(O)OCC(O)COP(=O)(O)OCC(COC(=O)CCCC/C=C\C/C=C\C/C=C\C/C=C\CC)OC(=O)CCCCCCCCCCCCC)OC(=O)CCCCCC/C=C\C/C=C\C/C=C\C/C=C\CC. The summed E-state index contributed by atoms with van der Waals surface area (Å²) in [6.07, 6.45) is 85.2. The molecule has 0 radical (unpaired) electrons. The fourth-order valence-electron chi connectivity index (χ4n) is 9.70. The maximum atomic E-state index is 13.1. The largest absolute Gasteiger partial charge is 0.472 e. The van der Waals surface area contributed by atoms with Gasteiger partial charge in [0.15, 0.2) is 12.2 Å². The fraction of sp³-hybridized carbons (Fsp3) is 0.639. The van der Waals surface area contributed by atoms with Crippen molar-refractivity contribution < 1.29 is 80.2 Å². The van der Waals surface area contributed by atoms with Crippen LogP contribution in [0.15, 0.2) is 158 Å². The monoisotopic (exact) mass is 1470 g/mol. The van der Waals surface area contributed by atoms with Gasteiger partial charge in [0.25, 0.3) is 0 Å². The van der Waals surface area contributed by atoms with Crippen LogP contribution in [-0.2, 0) is 65.4 Å². The van der Waals surface area contributed by atoms with Crippen LogP contribution in [0.1, 0.15) is 285 Å². The highest BCUT2D eigenvalue weighted by Crippen LogP contribution is 2.45. The molecule has 0 aliphatic heterocycles. The molecule has 580 valence electrons. The molecule has 17 nitrogen and oxygen atoms in total. The molecule has 19 heteroatoms. The number of hydrogen-bond donors (Lipinski definition) is 3. The van der Waals surface area contributed by atoms with Gasteiger partial charge < -0.3 is 33.8 Å². The van der Waals surface area contributed by atoms with E-state index in [0.29, 0.717) is 25.7 Å². The number of carbonyl (C=O) groups is 4. The van der Waals surface area contributed by atoms with E-state index in [1.54, 1.807) is 0 Å². The lowest BCUT2D eigenvalue weighted by molar-refractivity contribution is -0.161. The van der Waals surface area contributed by atoms with Gasteiger partial charge in [0.2, 0.25) is 0 Å². The zero-order valence-electron chi connectivity index (χ0n) is 63.2. The molecule has 5 unspecified atom stereocenters. The molecule has 0 aliphatic rings. The van der Waals surface area contributed by atoms with Gasteiger partial charge in [0.05, 0.1) is 26.4 Å². The molecule has 0 aromatic carbocycles. The molecule has 3 N–H and O–H groups in total. The Morgan fingerprint density at radius 2 is 0.510 bits per heavy atom. The molecular formula is C83H136O17P2. The van der Waals surface area contributed by atoms with Crippen LogP contribution in [0.3, 0.4) is 0 Å².